The monoisotopic (exact) mass is 492 g/mol. The lowest BCUT2D eigenvalue weighted by Crippen LogP contribution is -2.34. The third kappa shape index (κ3) is 4.88. The van der Waals surface area contributed by atoms with Crippen LogP contribution in [0.2, 0.25) is 5.02 Å². The molecule has 4 aromatic rings. The Balaban J connectivity index is 1.81. The predicted molar refractivity (Wildman–Crippen MR) is 134 cm³/mol. The second-order valence-corrected chi connectivity index (χ2v) is 8.29. The largest absolute Gasteiger partial charge is 0.501 e. The number of hydrogen-bond donors (Lipinski definition) is 2. The van der Waals surface area contributed by atoms with Gasteiger partial charge in [0.25, 0.3) is 11.5 Å². The van der Waals surface area contributed by atoms with Crippen LogP contribution in [0.15, 0.2) is 83.7 Å². The summed E-state index contributed by atoms with van der Waals surface area (Å²) in [4.78, 5) is 31.8. The van der Waals surface area contributed by atoms with E-state index < -0.39 is 34.8 Å². The topological polar surface area (TPSA) is 87.5 Å². The lowest BCUT2D eigenvalue weighted by Gasteiger charge is -2.31. The third-order valence-corrected chi connectivity index (χ3v) is 5.92. The van der Waals surface area contributed by atoms with Crippen molar-refractivity contribution in [3.63, 3.8) is 0 Å². The molecule has 0 fully saturated rings. The first-order valence-corrected chi connectivity index (χ1v) is 11.0. The van der Waals surface area contributed by atoms with Crippen molar-refractivity contribution in [3.05, 3.63) is 117 Å². The molecule has 0 radical (unpaired) electrons. The maximum atomic E-state index is 13.2. The molecule has 1 aromatic heterocycles. The number of rotatable bonds is 6. The van der Waals surface area contributed by atoms with Gasteiger partial charge >= 0.3 is 0 Å². The molecule has 1 amide bonds. The lowest BCUT2D eigenvalue weighted by molar-refractivity contribution is 0.101. The van der Waals surface area contributed by atoms with Gasteiger partial charge in [0, 0.05) is 24.8 Å². The van der Waals surface area contributed by atoms with E-state index in [1.807, 2.05) is 48.5 Å². The van der Waals surface area contributed by atoms with Gasteiger partial charge in [-0.25, -0.2) is 9.37 Å². The fourth-order valence-electron chi connectivity index (χ4n) is 3.84. The molecule has 0 saturated carbocycles. The smallest absolute Gasteiger partial charge is 0.297 e. The normalized spacial score (nSPS) is 11.7. The highest BCUT2D eigenvalue weighted by atomic mass is 35.5. The van der Waals surface area contributed by atoms with Crippen LogP contribution in [0.4, 0.5) is 16.0 Å². The second-order valence-electron chi connectivity index (χ2n) is 7.88. The van der Waals surface area contributed by atoms with E-state index in [9.17, 15) is 19.1 Å². The van der Waals surface area contributed by atoms with Gasteiger partial charge in [-0.3, -0.25) is 14.2 Å². The first-order valence-electron chi connectivity index (χ1n) is 10.7. The van der Waals surface area contributed by atoms with Crippen LogP contribution in [-0.4, -0.2) is 27.6 Å². The summed E-state index contributed by atoms with van der Waals surface area (Å²) in [6.07, 6.45) is 0. The van der Waals surface area contributed by atoms with Crippen molar-refractivity contribution in [2.75, 3.05) is 17.3 Å². The summed E-state index contributed by atoms with van der Waals surface area (Å²) in [7, 11) is 3.18. The number of aromatic hydroxyl groups is 1. The SMILES string of the molecule is CN(c1nc(C(=O)Nc2ccc(F)cc2)c(O)c(=O)n1C)[C@@H](c1ccccc1)c1ccccc1Cl. The Morgan fingerprint density at radius 3 is 2.34 bits per heavy atom. The Morgan fingerprint density at radius 1 is 1.06 bits per heavy atom. The zero-order valence-corrected chi connectivity index (χ0v) is 19.7. The summed E-state index contributed by atoms with van der Waals surface area (Å²) in [5, 5.41) is 13.5. The predicted octanol–water partition coefficient (Wildman–Crippen LogP) is 4.76. The highest BCUT2D eigenvalue weighted by Gasteiger charge is 2.28. The molecule has 9 heteroatoms. The van der Waals surface area contributed by atoms with Crippen molar-refractivity contribution in [1.29, 1.82) is 0 Å². The molecule has 0 saturated heterocycles. The van der Waals surface area contributed by atoms with E-state index in [1.165, 1.54) is 31.3 Å². The lowest BCUT2D eigenvalue weighted by atomic mass is 9.97. The fourth-order valence-corrected chi connectivity index (χ4v) is 4.07. The van der Waals surface area contributed by atoms with Crippen LogP contribution < -0.4 is 15.8 Å². The number of benzene rings is 3. The van der Waals surface area contributed by atoms with Gasteiger partial charge < -0.3 is 15.3 Å². The zero-order valence-electron chi connectivity index (χ0n) is 18.9. The summed E-state index contributed by atoms with van der Waals surface area (Å²) in [5.74, 6) is -1.94. The summed E-state index contributed by atoms with van der Waals surface area (Å²) >= 11 is 6.53. The van der Waals surface area contributed by atoms with Gasteiger partial charge in [-0.2, -0.15) is 0 Å². The molecular formula is C26H22ClFN4O3. The Labute approximate surface area is 206 Å². The molecule has 0 spiro atoms. The molecule has 0 aliphatic heterocycles. The van der Waals surface area contributed by atoms with E-state index in [1.54, 1.807) is 18.0 Å². The minimum Gasteiger partial charge on any atom is -0.501 e. The van der Waals surface area contributed by atoms with E-state index in [4.69, 9.17) is 11.6 Å². The molecule has 3 aromatic carbocycles. The third-order valence-electron chi connectivity index (χ3n) is 5.58. The summed E-state index contributed by atoms with van der Waals surface area (Å²) in [5.41, 5.74) is 0.680. The zero-order chi connectivity index (χ0) is 25.1. The standard InChI is InChI=1S/C26H22ClFN4O3/c1-31(22(16-8-4-3-5-9-16)19-10-6-7-11-20(19)27)26-30-21(23(33)25(35)32(26)2)24(34)29-18-14-12-17(28)13-15-18/h3-15,22,33H,1-2H3,(H,29,34)/t22-/m0/s1. The van der Waals surface area contributed by atoms with Gasteiger partial charge in [-0.05, 0) is 41.5 Å². The number of carbonyl (C=O) groups is 1. The van der Waals surface area contributed by atoms with E-state index in [-0.39, 0.29) is 11.6 Å². The maximum absolute atomic E-state index is 13.2. The van der Waals surface area contributed by atoms with Crippen molar-refractivity contribution >= 4 is 29.1 Å². The second kappa shape index (κ2) is 9.99. The van der Waals surface area contributed by atoms with Crippen LogP contribution in [0.3, 0.4) is 0 Å². The van der Waals surface area contributed by atoms with Crippen molar-refractivity contribution in [2.24, 2.45) is 7.05 Å². The van der Waals surface area contributed by atoms with E-state index >= 15 is 0 Å². The molecule has 0 aliphatic carbocycles. The maximum Gasteiger partial charge on any atom is 0.297 e. The molecule has 7 nitrogen and oxygen atoms in total. The van der Waals surface area contributed by atoms with Crippen molar-refractivity contribution in [2.45, 2.75) is 6.04 Å². The summed E-state index contributed by atoms with van der Waals surface area (Å²) < 4.78 is 14.4. The van der Waals surface area contributed by atoms with Crippen LogP contribution in [0, 0.1) is 5.82 Å². The quantitative estimate of drug-likeness (QED) is 0.405. The van der Waals surface area contributed by atoms with E-state index in [0.29, 0.717) is 5.02 Å². The number of nitrogens with zero attached hydrogens (tertiary/aromatic N) is 3. The Hall–Kier alpha value is -4.17. The number of halogens is 2. The highest BCUT2D eigenvalue weighted by molar-refractivity contribution is 6.31. The molecular weight excluding hydrogens is 471 g/mol. The van der Waals surface area contributed by atoms with Crippen LogP contribution >= 0.6 is 11.6 Å². The molecule has 2 N–H and O–H groups in total. The average Bonchev–Trinajstić information content (AvgIpc) is 2.86. The molecule has 0 aliphatic rings. The van der Waals surface area contributed by atoms with Crippen LogP contribution in [0.25, 0.3) is 0 Å². The number of aromatic nitrogens is 2. The molecule has 1 atom stereocenters. The number of hydrogen-bond acceptors (Lipinski definition) is 5. The van der Waals surface area contributed by atoms with Gasteiger partial charge in [0.1, 0.15) is 5.82 Å². The van der Waals surface area contributed by atoms with Crippen molar-refractivity contribution in [1.82, 2.24) is 9.55 Å². The molecule has 0 bridgehead atoms. The van der Waals surface area contributed by atoms with Crippen molar-refractivity contribution in [3.8, 4) is 5.75 Å². The minimum atomic E-state index is -0.810. The van der Waals surface area contributed by atoms with Crippen LogP contribution in [-0.2, 0) is 7.05 Å². The number of amides is 1. The van der Waals surface area contributed by atoms with Gasteiger partial charge in [0.05, 0.1) is 6.04 Å². The molecule has 0 unspecified atom stereocenters. The van der Waals surface area contributed by atoms with E-state index in [0.717, 1.165) is 15.7 Å². The molecule has 4 rings (SSSR count). The number of carbonyl (C=O) groups excluding carboxylic acids is 1. The minimum absolute atomic E-state index is 0.130. The van der Waals surface area contributed by atoms with Crippen LogP contribution in [0.1, 0.15) is 27.7 Å². The van der Waals surface area contributed by atoms with Crippen molar-refractivity contribution < 1.29 is 14.3 Å². The van der Waals surface area contributed by atoms with Gasteiger partial charge in [-0.15, -0.1) is 0 Å². The summed E-state index contributed by atoms with van der Waals surface area (Å²) in [6, 6.07) is 21.5. The number of nitrogens with one attached hydrogen (secondary N) is 1. The first kappa shape index (κ1) is 24.0. The molecule has 178 valence electrons. The fraction of sp³-hybridized carbons (Fsp3) is 0.115. The Bertz CT molecular complexity index is 1430. The van der Waals surface area contributed by atoms with Gasteiger partial charge in [-0.1, -0.05) is 60.1 Å². The highest BCUT2D eigenvalue weighted by Crippen LogP contribution is 2.34. The summed E-state index contributed by atoms with van der Waals surface area (Å²) in [6.45, 7) is 0. The first-order chi connectivity index (χ1) is 16.8. The average molecular weight is 493 g/mol. The Kier molecular flexibility index (Phi) is 6.84. The van der Waals surface area contributed by atoms with Gasteiger partial charge in [0.2, 0.25) is 11.7 Å². The number of anilines is 2. The Morgan fingerprint density at radius 2 is 1.69 bits per heavy atom. The van der Waals surface area contributed by atoms with E-state index in [2.05, 4.69) is 10.3 Å². The molecule has 35 heavy (non-hydrogen) atoms. The van der Waals surface area contributed by atoms with Gasteiger partial charge in [0.15, 0.2) is 5.69 Å². The molecule has 1 heterocycles. The van der Waals surface area contributed by atoms with Crippen LogP contribution in [0.5, 0.6) is 5.75 Å².